The fraction of sp³-hybridized carbons (Fsp3) is 0.571. The first kappa shape index (κ1) is 17.2. The van der Waals surface area contributed by atoms with E-state index in [2.05, 4.69) is 0 Å². The van der Waals surface area contributed by atoms with Crippen molar-refractivity contribution in [2.45, 2.75) is 37.6 Å². The molecule has 1 aromatic rings. The molecule has 2 atom stereocenters. The van der Waals surface area contributed by atoms with Gasteiger partial charge in [0.2, 0.25) is 10.0 Å². The third-order valence-electron chi connectivity index (χ3n) is 3.75. The number of hydrogen-bond acceptors (Lipinski definition) is 3. The molecule has 1 aliphatic heterocycles. The highest BCUT2D eigenvalue weighted by molar-refractivity contribution is 7.89. The van der Waals surface area contributed by atoms with Gasteiger partial charge < -0.3 is 5.11 Å². The van der Waals surface area contributed by atoms with E-state index < -0.39 is 40.5 Å². The topological polar surface area (TPSA) is 57.6 Å². The highest BCUT2D eigenvalue weighted by Gasteiger charge is 2.40. The molecule has 0 bridgehead atoms. The van der Waals surface area contributed by atoms with Crippen molar-refractivity contribution >= 4 is 10.0 Å². The Bertz CT molecular complexity index is 589. The van der Waals surface area contributed by atoms with Crippen molar-refractivity contribution < 1.29 is 26.7 Å². The fourth-order valence-electron chi connectivity index (χ4n) is 2.66. The van der Waals surface area contributed by atoms with Gasteiger partial charge in [0.25, 0.3) is 0 Å². The minimum Gasteiger partial charge on any atom is -0.387 e. The van der Waals surface area contributed by atoms with E-state index in [1.165, 1.54) is 0 Å². The van der Waals surface area contributed by atoms with E-state index in [1.54, 1.807) is 30.3 Å². The monoisotopic (exact) mass is 337 g/mol. The SMILES string of the molecule is O=S(=O)(CCC(F)(F)F)N1CCCC1C(O)c1ccccc1. The van der Waals surface area contributed by atoms with Crippen molar-refractivity contribution in [1.29, 1.82) is 0 Å². The summed E-state index contributed by atoms with van der Waals surface area (Å²) in [6.45, 7) is 0.148. The van der Waals surface area contributed by atoms with Gasteiger partial charge in [0.1, 0.15) is 0 Å². The summed E-state index contributed by atoms with van der Waals surface area (Å²) in [6, 6.07) is 7.84. The molecule has 0 amide bonds. The average Bonchev–Trinajstić information content (AvgIpc) is 2.95. The number of alkyl halides is 3. The molecule has 1 saturated heterocycles. The van der Waals surface area contributed by atoms with Gasteiger partial charge in [-0.2, -0.15) is 17.5 Å². The molecule has 22 heavy (non-hydrogen) atoms. The van der Waals surface area contributed by atoms with Gasteiger partial charge in [0, 0.05) is 6.54 Å². The van der Waals surface area contributed by atoms with E-state index in [0.29, 0.717) is 18.4 Å². The first-order valence-electron chi connectivity index (χ1n) is 7.00. The Hall–Kier alpha value is -1.12. The van der Waals surface area contributed by atoms with E-state index in [-0.39, 0.29) is 6.54 Å². The summed E-state index contributed by atoms with van der Waals surface area (Å²) in [4.78, 5) is 0. The van der Waals surface area contributed by atoms with Crippen molar-refractivity contribution in [3.8, 4) is 0 Å². The number of hydrogen-bond donors (Lipinski definition) is 1. The van der Waals surface area contributed by atoms with Crippen LogP contribution in [0.3, 0.4) is 0 Å². The molecule has 8 heteroatoms. The zero-order valence-electron chi connectivity index (χ0n) is 11.8. The highest BCUT2D eigenvalue weighted by Crippen LogP contribution is 2.32. The third-order valence-corrected chi connectivity index (χ3v) is 5.64. The summed E-state index contributed by atoms with van der Waals surface area (Å²) in [5, 5.41) is 10.4. The number of aliphatic hydroxyl groups excluding tert-OH is 1. The van der Waals surface area contributed by atoms with Crippen LogP contribution in [0.25, 0.3) is 0 Å². The van der Waals surface area contributed by atoms with Crippen LogP contribution in [0.5, 0.6) is 0 Å². The lowest BCUT2D eigenvalue weighted by molar-refractivity contribution is -0.130. The van der Waals surface area contributed by atoms with Crippen molar-refractivity contribution in [1.82, 2.24) is 4.31 Å². The van der Waals surface area contributed by atoms with Crippen LogP contribution in [-0.2, 0) is 10.0 Å². The predicted octanol–water partition coefficient (Wildman–Crippen LogP) is 2.47. The standard InChI is InChI=1S/C14H18F3NO3S/c15-14(16,17)8-10-22(20,21)18-9-4-7-12(18)13(19)11-5-2-1-3-6-11/h1-3,5-6,12-13,19H,4,7-10H2. The molecule has 1 aromatic carbocycles. The molecule has 0 spiro atoms. The van der Waals surface area contributed by atoms with E-state index in [9.17, 15) is 26.7 Å². The van der Waals surface area contributed by atoms with Crippen molar-refractivity contribution in [3.63, 3.8) is 0 Å². The zero-order chi connectivity index (χ0) is 16.4. The predicted molar refractivity (Wildman–Crippen MR) is 75.6 cm³/mol. The number of sulfonamides is 1. The lowest BCUT2D eigenvalue weighted by Crippen LogP contribution is -2.41. The first-order chi connectivity index (χ1) is 10.2. The number of rotatable bonds is 5. The Labute approximate surface area is 127 Å². The van der Waals surface area contributed by atoms with Crippen molar-refractivity contribution in [3.05, 3.63) is 35.9 Å². The Balaban J connectivity index is 2.13. The summed E-state index contributed by atoms with van der Waals surface area (Å²) in [7, 11) is -4.04. The van der Waals surface area contributed by atoms with E-state index in [0.717, 1.165) is 4.31 Å². The maximum Gasteiger partial charge on any atom is 0.390 e. The number of halogens is 3. The zero-order valence-corrected chi connectivity index (χ0v) is 12.6. The quantitative estimate of drug-likeness (QED) is 0.898. The largest absolute Gasteiger partial charge is 0.390 e. The molecule has 1 fully saturated rings. The van der Waals surface area contributed by atoms with Crippen molar-refractivity contribution in [2.75, 3.05) is 12.3 Å². The molecule has 0 saturated carbocycles. The molecule has 1 heterocycles. The van der Waals surface area contributed by atoms with Gasteiger partial charge in [-0.1, -0.05) is 30.3 Å². The van der Waals surface area contributed by atoms with Crippen LogP contribution in [0.2, 0.25) is 0 Å². The van der Waals surface area contributed by atoms with E-state index >= 15 is 0 Å². The second kappa shape index (κ2) is 6.55. The van der Waals surface area contributed by atoms with Gasteiger partial charge in [0.05, 0.1) is 24.3 Å². The molecule has 2 rings (SSSR count). The Morgan fingerprint density at radius 1 is 1.27 bits per heavy atom. The minimum absolute atomic E-state index is 0.148. The number of benzene rings is 1. The summed E-state index contributed by atoms with van der Waals surface area (Å²) in [5.74, 6) is -0.978. The normalized spacial score (nSPS) is 21.9. The van der Waals surface area contributed by atoms with Gasteiger partial charge in [-0.15, -0.1) is 0 Å². The van der Waals surface area contributed by atoms with Crippen LogP contribution in [0.15, 0.2) is 30.3 Å². The van der Waals surface area contributed by atoms with Crippen LogP contribution in [0.1, 0.15) is 30.9 Å². The third kappa shape index (κ3) is 4.21. The van der Waals surface area contributed by atoms with Gasteiger partial charge >= 0.3 is 6.18 Å². The second-order valence-electron chi connectivity index (χ2n) is 5.36. The second-order valence-corrected chi connectivity index (χ2v) is 7.40. The van der Waals surface area contributed by atoms with Gasteiger partial charge in [-0.3, -0.25) is 0 Å². The Morgan fingerprint density at radius 3 is 2.50 bits per heavy atom. The van der Waals surface area contributed by atoms with Crippen LogP contribution >= 0.6 is 0 Å². The maximum atomic E-state index is 12.3. The fourth-order valence-corrected chi connectivity index (χ4v) is 4.43. The van der Waals surface area contributed by atoms with Crippen molar-refractivity contribution in [2.24, 2.45) is 0 Å². The number of aliphatic hydroxyl groups is 1. The molecule has 2 unspecified atom stereocenters. The van der Waals surface area contributed by atoms with E-state index in [4.69, 9.17) is 0 Å². The molecule has 1 aliphatic rings. The lowest BCUT2D eigenvalue weighted by atomic mass is 10.0. The van der Waals surface area contributed by atoms with Crippen LogP contribution in [-0.4, -0.2) is 42.3 Å². The maximum absolute atomic E-state index is 12.3. The van der Waals surface area contributed by atoms with Gasteiger partial charge in [-0.05, 0) is 18.4 Å². The minimum atomic E-state index is -4.51. The summed E-state index contributed by atoms with van der Waals surface area (Å²) < 4.78 is 62.1. The Morgan fingerprint density at radius 2 is 1.91 bits per heavy atom. The first-order valence-corrected chi connectivity index (χ1v) is 8.61. The molecule has 124 valence electrons. The van der Waals surface area contributed by atoms with Crippen LogP contribution < -0.4 is 0 Å². The summed E-state index contributed by atoms with van der Waals surface area (Å²) >= 11 is 0. The molecular formula is C14H18F3NO3S. The Kier molecular flexibility index (Phi) is 5.14. The van der Waals surface area contributed by atoms with Crippen LogP contribution in [0.4, 0.5) is 13.2 Å². The molecule has 0 aromatic heterocycles. The molecule has 4 nitrogen and oxygen atoms in total. The molecule has 1 N–H and O–H groups in total. The average molecular weight is 337 g/mol. The summed E-state index contributed by atoms with van der Waals surface area (Å²) in [6.07, 6.45) is -5.97. The van der Waals surface area contributed by atoms with E-state index in [1.807, 2.05) is 0 Å². The molecule has 0 radical (unpaired) electrons. The molecular weight excluding hydrogens is 319 g/mol. The highest BCUT2D eigenvalue weighted by atomic mass is 32.2. The lowest BCUT2D eigenvalue weighted by Gasteiger charge is -2.28. The number of nitrogens with zero attached hydrogens (tertiary/aromatic N) is 1. The van der Waals surface area contributed by atoms with Crippen LogP contribution in [0, 0.1) is 0 Å². The van der Waals surface area contributed by atoms with Gasteiger partial charge in [0.15, 0.2) is 0 Å². The smallest absolute Gasteiger partial charge is 0.387 e. The van der Waals surface area contributed by atoms with Gasteiger partial charge in [-0.25, -0.2) is 8.42 Å². The summed E-state index contributed by atoms with van der Waals surface area (Å²) in [5.41, 5.74) is 0.561. The molecule has 0 aliphatic carbocycles.